The number of nitrogens with one attached hydrogen (secondary N) is 1. The molecule has 1 aliphatic carbocycles. The zero-order valence-corrected chi connectivity index (χ0v) is 16.0. The Morgan fingerprint density at radius 1 is 1.12 bits per heavy atom. The summed E-state index contributed by atoms with van der Waals surface area (Å²) in [5, 5.41) is 14.9. The second-order valence-electron chi connectivity index (χ2n) is 8.27. The van der Waals surface area contributed by atoms with Crippen molar-refractivity contribution in [3.63, 3.8) is 0 Å². The van der Waals surface area contributed by atoms with E-state index in [-0.39, 0.29) is 17.9 Å². The van der Waals surface area contributed by atoms with E-state index in [2.05, 4.69) is 5.32 Å². The molecule has 2 aliphatic heterocycles. The molecular weight excluding hydrogens is 348 g/mol. The number of carbonyl (C=O) groups excluding carboxylic acids is 1. The first-order valence-corrected chi connectivity index (χ1v) is 10.5. The second kappa shape index (κ2) is 7.87. The maximum Gasteiger partial charge on any atom is 0.239 e. The lowest BCUT2D eigenvalue weighted by Crippen LogP contribution is -2.48. The van der Waals surface area contributed by atoms with Crippen LogP contribution < -0.4 is 5.32 Å². The molecule has 2 N–H and O–H groups in total. The minimum atomic E-state index is -0.475. The quantitative estimate of drug-likeness (QED) is 0.848. The minimum Gasteiger partial charge on any atom is -0.388 e. The molecule has 1 amide bonds. The predicted molar refractivity (Wildman–Crippen MR) is 103 cm³/mol. The number of piperidine rings is 1. The number of halogens is 1. The van der Waals surface area contributed by atoms with Crippen molar-refractivity contribution >= 4 is 17.5 Å². The van der Waals surface area contributed by atoms with Crippen molar-refractivity contribution in [2.45, 2.75) is 63.1 Å². The van der Waals surface area contributed by atoms with E-state index in [4.69, 9.17) is 11.6 Å². The third kappa shape index (κ3) is 3.78. The van der Waals surface area contributed by atoms with E-state index in [0.29, 0.717) is 17.0 Å². The van der Waals surface area contributed by atoms with E-state index >= 15 is 0 Å². The van der Waals surface area contributed by atoms with Crippen LogP contribution in [0.15, 0.2) is 24.3 Å². The normalized spacial score (nSPS) is 30.8. The molecule has 26 heavy (non-hydrogen) atoms. The number of likely N-dealkylation sites (tertiary alicyclic amines) is 1. The first kappa shape index (κ1) is 18.3. The SMILES string of the molecule is O=C(C1CC2CCCCC2N1)N1CCC(C(O)c2ccc(Cl)cc2)CC1. The summed E-state index contributed by atoms with van der Waals surface area (Å²) in [7, 11) is 0. The highest BCUT2D eigenvalue weighted by molar-refractivity contribution is 6.30. The van der Waals surface area contributed by atoms with Crippen LogP contribution in [-0.4, -0.2) is 41.1 Å². The van der Waals surface area contributed by atoms with Gasteiger partial charge in [0.15, 0.2) is 0 Å². The molecule has 0 aromatic heterocycles. The summed E-state index contributed by atoms with van der Waals surface area (Å²) in [6, 6.07) is 8.01. The second-order valence-corrected chi connectivity index (χ2v) is 8.70. The number of fused-ring (bicyclic) bond motifs is 1. The molecule has 4 nitrogen and oxygen atoms in total. The fourth-order valence-corrected chi connectivity index (χ4v) is 5.22. The van der Waals surface area contributed by atoms with Crippen molar-refractivity contribution in [1.29, 1.82) is 0 Å². The summed E-state index contributed by atoms with van der Waals surface area (Å²) in [4.78, 5) is 14.9. The Labute approximate surface area is 160 Å². The number of amides is 1. The first-order chi connectivity index (χ1) is 12.6. The number of rotatable bonds is 3. The van der Waals surface area contributed by atoms with Crippen LogP contribution in [-0.2, 0) is 4.79 Å². The van der Waals surface area contributed by atoms with Gasteiger partial charge in [0.05, 0.1) is 12.1 Å². The fraction of sp³-hybridized carbons (Fsp3) is 0.667. The van der Waals surface area contributed by atoms with Gasteiger partial charge < -0.3 is 15.3 Å². The Morgan fingerprint density at radius 2 is 1.81 bits per heavy atom. The van der Waals surface area contributed by atoms with Gasteiger partial charge in [-0.05, 0) is 61.6 Å². The van der Waals surface area contributed by atoms with Gasteiger partial charge >= 0.3 is 0 Å². The lowest BCUT2D eigenvalue weighted by molar-refractivity contribution is -0.135. The molecule has 3 fully saturated rings. The van der Waals surface area contributed by atoms with E-state index in [1.165, 1.54) is 25.7 Å². The smallest absolute Gasteiger partial charge is 0.239 e. The summed E-state index contributed by atoms with van der Waals surface area (Å²) in [6.07, 6.45) is 7.36. The van der Waals surface area contributed by atoms with Crippen LogP contribution in [0.2, 0.25) is 5.02 Å². The summed E-state index contributed by atoms with van der Waals surface area (Å²) in [6.45, 7) is 1.50. The van der Waals surface area contributed by atoms with Crippen molar-refractivity contribution in [3.8, 4) is 0 Å². The van der Waals surface area contributed by atoms with Gasteiger partial charge in [0.1, 0.15) is 0 Å². The topological polar surface area (TPSA) is 52.6 Å². The van der Waals surface area contributed by atoms with Crippen LogP contribution >= 0.6 is 11.6 Å². The van der Waals surface area contributed by atoms with Crippen LogP contribution in [0.1, 0.15) is 56.6 Å². The number of hydrogen-bond acceptors (Lipinski definition) is 3. The van der Waals surface area contributed by atoms with E-state index in [1.807, 2.05) is 29.2 Å². The van der Waals surface area contributed by atoms with Gasteiger partial charge in [0.2, 0.25) is 5.91 Å². The molecule has 2 saturated heterocycles. The molecule has 0 spiro atoms. The molecule has 142 valence electrons. The average Bonchev–Trinajstić information content (AvgIpc) is 3.12. The summed E-state index contributed by atoms with van der Waals surface area (Å²) in [5.74, 6) is 1.18. The Morgan fingerprint density at radius 3 is 2.50 bits per heavy atom. The lowest BCUT2D eigenvalue weighted by Gasteiger charge is -2.35. The van der Waals surface area contributed by atoms with Crippen LogP contribution in [0.3, 0.4) is 0 Å². The number of aliphatic hydroxyl groups is 1. The maximum absolute atomic E-state index is 12.9. The molecule has 4 unspecified atom stereocenters. The number of hydrogen-bond donors (Lipinski definition) is 2. The van der Waals surface area contributed by atoms with Gasteiger partial charge in [-0.15, -0.1) is 0 Å². The number of carbonyl (C=O) groups is 1. The van der Waals surface area contributed by atoms with Gasteiger partial charge in [-0.2, -0.15) is 0 Å². The average molecular weight is 377 g/mol. The molecule has 0 bridgehead atoms. The molecular formula is C21H29ClN2O2. The fourth-order valence-electron chi connectivity index (χ4n) is 5.10. The molecule has 1 aromatic rings. The van der Waals surface area contributed by atoms with Gasteiger partial charge in [0, 0.05) is 24.2 Å². The third-order valence-electron chi connectivity index (χ3n) is 6.67. The van der Waals surface area contributed by atoms with E-state index in [0.717, 1.165) is 37.9 Å². The number of benzene rings is 1. The van der Waals surface area contributed by atoms with E-state index in [1.54, 1.807) is 0 Å². The summed E-state index contributed by atoms with van der Waals surface area (Å²) in [5.41, 5.74) is 0.917. The Kier molecular flexibility index (Phi) is 5.53. The molecule has 1 aromatic carbocycles. The predicted octanol–water partition coefficient (Wildman–Crippen LogP) is 3.53. The third-order valence-corrected chi connectivity index (χ3v) is 6.92. The van der Waals surface area contributed by atoms with Crippen molar-refractivity contribution in [2.24, 2.45) is 11.8 Å². The Balaban J connectivity index is 1.30. The van der Waals surface area contributed by atoms with Gasteiger partial charge in [-0.3, -0.25) is 4.79 Å². The highest BCUT2D eigenvalue weighted by atomic mass is 35.5. The maximum atomic E-state index is 12.9. The van der Waals surface area contributed by atoms with Crippen LogP contribution in [0.5, 0.6) is 0 Å². The molecule has 3 aliphatic rings. The Bertz CT molecular complexity index is 613. The zero-order valence-electron chi connectivity index (χ0n) is 15.2. The molecule has 4 rings (SSSR count). The lowest BCUT2D eigenvalue weighted by atomic mass is 9.85. The molecule has 0 radical (unpaired) electrons. The van der Waals surface area contributed by atoms with Gasteiger partial charge in [-0.1, -0.05) is 36.6 Å². The molecule has 5 heteroatoms. The van der Waals surface area contributed by atoms with Gasteiger partial charge in [-0.25, -0.2) is 0 Å². The van der Waals surface area contributed by atoms with E-state index < -0.39 is 6.10 Å². The van der Waals surface area contributed by atoms with Crippen molar-refractivity contribution in [1.82, 2.24) is 10.2 Å². The van der Waals surface area contributed by atoms with Crippen molar-refractivity contribution in [2.75, 3.05) is 13.1 Å². The zero-order chi connectivity index (χ0) is 18.1. The van der Waals surface area contributed by atoms with Gasteiger partial charge in [0.25, 0.3) is 0 Å². The van der Waals surface area contributed by atoms with Crippen LogP contribution in [0.4, 0.5) is 0 Å². The highest BCUT2D eigenvalue weighted by Gasteiger charge is 2.40. The largest absolute Gasteiger partial charge is 0.388 e. The minimum absolute atomic E-state index is 0.0147. The van der Waals surface area contributed by atoms with Crippen LogP contribution in [0.25, 0.3) is 0 Å². The summed E-state index contributed by atoms with van der Waals surface area (Å²) < 4.78 is 0. The van der Waals surface area contributed by atoms with E-state index in [9.17, 15) is 9.90 Å². The summed E-state index contributed by atoms with van der Waals surface area (Å²) >= 11 is 5.93. The van der Waals surface area contributed by atoms with Crippen LogP contribution in [0, 0.1) is 11.8 Å². The number of aliphatic hydroxyl groups excluding tert-OH is 1. The molecule has 2 heterocycles. The Hall–Kier alpha value is -1.10. The molecule has 4 atom stereocenters. The van der Waals surface area contributed by atoms with Crippen molar-refractivity contribution in [3.05, 3.63) is 34.9 Å². The molecule has 1 saturated carbocycles. The first-order valence-electron chi connectivity index (χ1n) is 10.1. The monoisotopic (exact) mass is 376 g/mol. The number of nitrogens with zero attached hydrogens (tertiary/aromatic N) is 1. The van der Waals surface area contributed by atoms with Crippen molar-refractivity contribution < 1.29 is 9.90 Å². The standard InChI is InChI=1S/C21H29ClN2O2/c22-17-7-5-14(6-8-17)20(25)15-9-11-24(12-10-15)21(26)19-13-16-3-1-2-4-18(16)23-19/h5-8,15-16,18-20,23,25H,1-4,9-13H2. The highest BCUT2D eigenvalue weighted by Crippen LogP contribution is 2.35.